The number of hydrogen-bond acceptors (Lipinski definition) is 4. The van der Waals surface area contributed by atoms with Crippen LogP contribution in [0.4, 0.5) is 4.79 Å². The summed E-state index contributed by atoms with van der Waals surface area (Å²) >= 11 is 2.12. The van der Waals surface area contributed by atoms with Crippen LogP contribution in [-0.4, -0.2) is 21.2 Å². The number of hydrogen-bond donors (Lipinski definition) is 0. The molecule has 0 bridgehead atoms. The standard InChI is InChI=1S/C13H12IN3O2/c1-13(2,3)19-12(18)17-7-10(14)9-4-8(5-15)16-6-11(9)17/h4,6-7H,1-3H3. The van der Waals surface area contributed by atoms with Crippen molar-refractivity contribution in [2.24, 2.45) is 0 Å². The van der Waals surface area contributed by atoms with E-state index >= 15 is 0 Å². The number of rotatable bonds is 0. The quantitative estimate of drug-likeness (QED) is 0.669. The Kier molecular flexibility index (Phi) is 3.49. The van der Waals surface area contributed by atoms with E-state index in [0.29, 0.717) is 11.2 Å². The first kappa shape index (κ1) is 13.8. The topological polar surface area (TPSA) is 67.9 Å². The molecule has 0 saturated carbocycles. The molecule has 2 aromatic heterocycles. The summed E-state index contributed by atoms with van der Waals surface area (Å²) in [7, 11) is 0. The van der Waals surface area contributed by atoms with E-state index in [0.717, 1.165) is 8.96 Å². The van der Waals surface area contributed by atoms with Crippen molar-refractivity contribution in [1.82, 2.24) is 9.55 Å². The van der Waals surface area contributed by atoms with E-state index in [1.807, 2.05) is 26.8 Å². The van der Waals surface area contributed by atoms with Crippen molar-refractivity contribution in [2.75, 3.05) is 0 Å². The van der Waals surface area contributed by atoms with Crippen molar-refractivity contribution in [3.8, 4) is 6.07 Å². The first-order valence-electron chi connectivity index (χ1n) is 5.62. The van der Waals surface area contributed by atoms with Crippen LogP contribution < -0.4 is 0 Å². The average molecular weight is 369 g/mol. The third-order valence-electron chi connectivity index (χ3n) is 2.35. The van der Waals surface area contributed by atoms with Crippen LogP contribution >= 0.6 is 22.6 Å². The summed E-state index contributed by atoms with van der Waals surface area (Å²) in [6, 6.07) is 3.65. The molecular formula is C13H12IN3O2. The van der Waals surface area contributed by atoms with Gasteiger partial charge in [0, 0.05) is 15.2 Å². The largest absolute Gasteiger partial charge is 0.443 e. The van der Waals surface area contributed by atoms with Crippen LogP contribution in [0.15, 0.2) is 18.5 Å². The van der Waals surface area contributed by atoms with Gasteiger partial charge in [-0.05, 0) is 49.4 Å². The Bertz CT molecular complexity index is 692. The molecule has 0 atom stereocenters. The number of nitriles is 1. The normalized spacial score (nSPS) is 11.3. The number of halogens is 1. The van der Waals surface area contributed by atoms with Crippen molar-refractivity contribution >= 4 is 39.6 Å². The molecule has 19 heavy (non-hydrogen) atoms. The minimum absolute atomic E-state index is 0.326. The molecule has 0 fully saturated rings. The number of carbonyl (C=O) groups excluding carboxylic acids is 1. The summed E-state index contributed by atoms with van der Waals surface area (Å²) in [5.74, 6) is 0. The maximum atomic E-state index is 12.1. The van der Waals surface area contributed by atoms with E-state index in [1.165, 1.54) is 10.8 Å². The molecule has 0 aliphatic heterocycles. The van der Waals surface area contributed by atoms with Gasteiger partial charge in [0.25, 0.3) is 0 Å². The molecule has 0 radical (unpaired) electrons. The van der Waals surface area contributed by atoms with E-state index in [-0.39, 0.29) is 0 Å². The maximum Gasteiger partial charge on any atom is 0.419 e. The van der Waals surface area contributed by atoms with E-state index in [1.54, 1.807) is 12.3 Å². The van der Waals surface area contributed by atoms with Crippen LogP contribution in [-0.2, 0) is 4.74 Å². The van der Waals surface area contributed by atoms with Gasteiger partial charge in [0.1, 0.15) is 17.4 Å². The first-order valence-corrected chi connectivity index (χ1v) is 6.70. The van der Waals surface area contributed by atoms with Crippen LogP contribution in [0, 0.1) is 14.9 Å². The molecule has 2 rings (SSSR count). The highest BCUT2D eigenvalue weighted by atomic mass is 127. The molecule has 2 aromatic rings. The zero-order valence-electron chi connectivity index (χ0n) is 10.8. The van der Waals surface area contributed by atoms with Gasteiger partial charge in [-0.2, -0.15) is 5.26 Å². The number of pyridine rings is 1. The van der Waals surface area contributed by atoms with Crippen molar-refractivity contribution in [3.63, 3.8) is 0 Å². The van der Waals surface area contributed by atoms with E-state index in [2.05, 4.69) is 27.6 Å². The monoisotopic (exact) mass is 369 g/mol. The van der Waals surface area contributed by atoms with Gasteiger partial charge in [-0.1, -0.05) is 0 Å². The van der Waals surface area contributed by atoms with Crippen LogP contribution in [0.25, 0.3) is 10.9 Å². The van der Waals surface area contributed by atoms with Gasteiger partial charge in [-0.3, -0.25) is 0 Å². The van der Waals surface area contributed by atoms with Gasteiger partial charge in [-0.25, -0.2) is 14.3 Å². The smallest absolute Gasteiger partial charge is 0.419 e. The molecule has 0 unspecified atom stereocenters. The number of aromatic nitrogens is 2. The Balaban J connectivity index is 2.52. The molecule has 2 heterocycles. The second-order valence-electron chi connectivity index (χ2n) is 5.03. The molecule has 0 amide bonds. The summed E-state index contributed by atoms with van der Waals surface area (Å²) < 4.78 is 7.62. The number of nitrogens with zero attached hydrogens (tertiary/aromatic N) is 3. The lowest BCUT2D eigenvalue weighted by atomic mass is 10.2. The van der Waals surface area contributed by atoms with Crippen LogP contribution in [0.1, 0.15) is 26.5 Å². The zero-order valence-corrected chi connectivity index (χ0v) is 12.9. The predicted molar refractivity (Wildman–Crippen MR) is 78.8 cm³/mol. The molecule has 0 spiro atoms. The van der Waals surface area contributed by atoms with Gasteiger partial charge in [0.2, 0.25) is 0 Å². The summed E-state index contributed by atoms with van der Waals surface area (Å²) in [5.41, 5.74) is 0.407. The Morgan fingerprint density at radius 3 is 2.79 bits per heavy atom. The van der Waals surface area contributed by atoms with Crippen LogP contribution in [0.3, 0.4) is 0 Å². The summed E-state index contributed by atoms with van der Waals surface area (Å²) in [4.78, 5) is 16.1. The molecule has 98 valence electrons. The summed E-state index contributed by atoms with van der Waals surface area (Å²) in [5, 5.41) is 9.66. The summed E-state index contributed by atoms with van der Waals surface area (Å²) in [6.07, 6.45) is 2.74. The van der Waals surface area contributed by atoms with Crippen LogP contribution in [0.5, 0.6) is 0 Å². The Hall–Kier alpha value is -1.62. The maximum absolute atomic E-state index is 12.1. The lowest BCUT2D eigenvalue weighted by Crippen LogP contribution is -2.26. The average Bonchev–Trinajstić information content (AvgIpc) is 2.64. The molecule has 0 aliphatic rings. The molecule has 6 heteroatoms. The van der Waals surface area contributed by atoms with Gasteiger partial charge < -0.3 is 4.74 Å². The van der Waals surface area contributed by atoms with E-state index in [9.17, 15) is 4.79 Å². The minimum Gasteiger partial charge on any atom is -0.443 e. The number of ether oxygens (including phenoxy) is 1. The fourth-order valence-corrected chi connectivity index (χ4v) is 2.32. The Morgan fingerprint density at radius 1 is 1.53 bits per heavy atom. The van der Waals surface area contributed by atoms with Gasteiger partial charge in [0.05, 0.1) is 11.7 Å². The van der Waals surface area contributed by atoms with Crippen molar-refractivity contribution in [1.29, 1.82) is 5.26 Å². The van der Waals surface area contributed by atoms with Crippen molar-refractivity contribution in [3.05, 3.63) is 27.7 Å². The molecular weight excluding hydrogens is 357 g/mol. The molecule has 0 saturated heterocycles. The highest BCUT2D eigenvalue weighted by Crippen LogP contribution is 2.24. The highest BCUT2D eigenvalue weighted by Gasteiger charge is 2.20. The third kappa shape index (κ3) is 2.87. The second-order valence-corrected chi connectivity index (χ2v) is 6.19. The van der Waals surface area contributed by atoms with Gasteiger partial charge >= 0.3 is 6.09 Å². The SMILES string of the molecule is CC(C)(C)OC(=O)n1cc(I)c2cc(C#N)ncc21. The number of fused-ring (bicyclic) bond motifs is 1. The second kappa shape index (κ2) is 4.81. The Morgan fingerprint density at radius 2 is 2.21 bits per heavy atom. The zero-order chi connectivity index (χ0) is 14.2. The molecule has 0 aliphatic carbocycles. The van der Waals surface area contributed by atoms with Crippen molar-refractivity contribution < 1.29 is 9.53 Å². The molecule has 0 aromatic carbocycles. The number of carbonyl (C=O) groups is 1. The fraction of sp³-hybridized carbons (Fsp3) is 0.308. The predicted octanol–water partition coefficient (Wildman–Crippen LogP) is 3.30. The van der Waals surface area contributed by atoms with E-state index in [4.69, 9.17) is 10.00 Å². The highest BCUT2D eigenvalue weighted by molar-refractivity contribution is 14.1. The minimum atomic E-state index is -0.556. The lowest BCUT2D eigenvalue weighted by molar-refractivity contribution is 0.0544. The third-order valence-corrected chi connectivity index (χ3v) is 3.21. The first-order chi connectivity index (χ1) is 8.81. The van der Waals surface area contributed by atoms with Gasteiger partial charge in [0.15, 0.2) is 0 Å². The van der Waals surface area contributed by atoms with Gasteiger partial charge in [-0.15, -0.1) is 0 Å². The lowest BCUT2D eigenvalue weighted by Gasteiger charge is -2.19. The summed E-state index contributed by atoms with van der Waals surface area (Å²) in [6.45, 7) is 5.44. The molecule has 5 nitrogen and oxygen atoms in total. The fourth-order valence-electron chi connectivity index (χ4n) is 1.61. The van der Waals surface area contributed by atoms with E-state index < -0.39 is 11.7 Å². The van der Waals surface area contributed by atoms with Crippen LogP contribution in [0.2, 0.25) is 0 Å². The molecule has 0 N–H and O–H groups in total. The Labute approximate surface area is 124 Å². The van der Waals surface area contributed by atoms with Crippen molar-refractivity contribution in [2.45, 2.75) is 26.4 Å².